The monoisotopic (exact) mass is 196 g/mol. The summed E-state index contributed by atoms with van der Waals surface area (Å²) in [5.74, 6) is 0.0306. The van der Waals surface area contributed by atoms with Crippen LogP contribution >= 0.6 is 0 Å². The molecule has 0 amide bonds. The number of rotatable bonds is 2. The predicted octanol–water partition coefficient (Wildman–Crippen LogP) is 2.30. The lowest BCUT2D eigenvalue weighted by molar-refractivity contribution is 0.138. The Hall–Kier alpha value is -1.09. The van der Waals surface area contributed by atoms with Crippen molar-refractivity contribution >= 4 is 0 Å². The van der Waals surface area contributed by atoms with E-state index >= 15 is 0 Å². The van der Waals surface area contributed by atoms with Crippen LogP contribution in [0.2, 0.25) is 0 Å². The zero-order chi connectivity index (χ0) is 9.97. The van der Waals surface area contributed by atoms with Gasteiger partial charge in [0.1, 0.15) is 6.10 Å². The van der Waals surface area contributed by atoms with Crippen molar-refractivity contribution in [3.8, 4) is 5.75 Å². The normalized spacial score (nSPS) is 21.1. The van der Waals surface area contributed by atoms with Crippen LogP contribution in [0.5, 0.6) is 5.75 Å². The average molecular weight is 196 g/mol. The molecule has 0 radical (unpaired) electrons. The summed E-state index contributed by atoms with van der Waals surface area (Å²) in [5, 5.41) is 0. The quantitative estimate of drug-likeness (QED) is 0.722. The van der Waals surface area contributed by atoms with Gasteiger partial charge in [0, 0.05) is 6.42 Å². The largest absolute Gasteiger partial charge is 0.485 e. The first-order valence-electron chi connectivity index (χ1n) is 4.76. The van der Waals surface area contributed by atoms with E-state index in [0.717, 1.165) is 12.0 Å². The van der Waals surface area contributed by atoms with Crippen LogP contribution in [0.1, 0.15) is 12.0 Å². The molecule has 0 aromatic heterocycles. The molecular weight excluding hydrogens is 183 g/mol. The number of ether oxygens (including phenoxy) is 2. The lowest BCUT2D eigenvalue weighted by Gasteiger charge is -2.12. The minimum atomic E-state index is -0.303. The highest BCUT2D eigenvalue weighted by molar-refractivity contribution is 5.29. The molecule has 1 atom stereocenters. The van der Waals surface area contributed by atoms with Gasteiger partial charge in [0.25, 0.3) is 0 Å². The summed E-state index contributed by atoms with van der Waals surface area (Å²) in [7, 11) is 0. The van der Waals surface area contributed by atoms with Gasteiger partial charge >= 0.3 is 0 Å². The average Bonchev–Trinajstić information content (AvgIpc) is 2.64. The summed E-state index contributed by atoms with van der Waals surface area (Å²) in [6, 6.07) is 4.88. The van der Waals surface area contributed by atoms with E-state index in [1.165, 1.54) is 6.07 Å². The van der Waals surface area contributed by atoms with E-state index in [2.05, 4.69) is 0 Å². The molecule has 14 heavy (non-hydrogen) atoms. The molecule has 1 aromatic rings. The SMILES string of the molecule is Cc1ccc(F)c(OC2CCOC2)c1. The Kier molecular flexibility index (Phi) is 2.68. The molecule has 0 spiro atoms. The van der Waals surface area contributed by atoms with Crippen LogP contribution in [0.15, 0.2) is 18.2 Å². The first-order valence-corrected chi connectivity index (χ1v) is 4.76. The second kappa shape index (κ2) is 3.96. The highest BCUT2D eigenvalue weighted by atomic mass is 19.1. The number of hydrogen-bond acceptors (Lipinski definition) is 2. The van der Waals surface area contributed by atoms with Crippen molar-refractivity contribution in [1.82, 2.24) is 0 Å². The van der Waals surface area contributed by atoms with Crippen molar-refractivity contribution in [3.63, 3.8) is 0 Å². The molecule has 0 aliphatic carbocycles. The summed E-state index contributed by atoms with van der Waals surface area (Å²) in [4.78, 5) is 0. The van der Waals surface area contributed by atoms with Gasteiger partial charge in [-0.2, -0.15) is 0 Å². The molecule has 1 saturated heterocycles. The highest BCUT2D eigenvalue weighted by Crippen LogP contribution is 2.21. The number of benzene rings is 1. The third-order valence-electron chi connectivity index (χ3n) is 2.27. The topological polar surface area (TPSA) is 18.5 Å². The molecule has 1 aliphatic rings. The summed E-state index contributed by atoms with van der Waals surface area (Å²) in [6.07, 6.45) is 0.846. The van der Waals surface area contributed by atoms with E-state index in [9.17, 15) is 4.39 Å². The first kappa shape index (κ1) is 9.46. The number of aryl methyl sites for hydroxylation is 1. The second-order valence-electron chi connectivity index (χ2n) is 3.54. The zero-order valence-electron chi connectivity index (χ0n) is 8.13. The minimum absolute atomic E-state index is 0.00583. The van der Waals surface area contributed by atoms with Crippen molar-refractivity contribution in [3.05, 3.63) is 29.6 Å². The van der Waals surface area contributed by atoms with Crippen molar-refractivity contribution in [2.75, 3.05) is 13.2 Å². The fourth-order valence-electron chi connectivity index (χ4n) is 1.49. The summed E-state index contributed by atoms with van der Waals surface area (Å²) in [5.41, 5.74) is 1.00. The van der Waals surface area contributed by atoms with Crippen LogP contribution < -0.4 is 4.74 Å². The summed E-state index contributed by atoms with van der Waals surface area (Å²) in [6.45, 7) is 3.18. The van der Waals surface area contributed by atoms with E-state index in [0.29, 0.717) is 19.0 Å². The van der Waals surface area contributed by atoms with Crippen molar-refractivity contribution < 1.29 is 13.9 Å². The van der Waals surface area contributed by atoms with Crippen LogP contribution in [0.4, 0.5) is 4.39 Å². The predicted molar refractivity (Wildman–Crippen MR) is 51.0 cm³/mol. The Bertz CT molecular complexity index is 319. The molecule has 0 saturated carbocycles. The first-order chi connectivity index (χ1) is 6.75. The van der Waals surface area contributed by atoms with E-state index in [1.54, 1.807) is 12.1 Å². The van der Waals surface area contributed by atoms with Gasteiger partial charge in [0.2, 0.25) is 0 Å². The molecule has 3 heteroatoms. The van der Waals surface area contributed by atoms with Gasteiger partial charge in [0.05, 0.1) is 13.2 Å². The van der Waals surface area contributed by atoms with E-state index in [-0.39, 0.29) is 11.9 Å². The molecule has 2 nitrogen and oxygen atoms in total. The molecule has 76 valence electrons. The third kappa shape index (κ3) is 2.04. The lowest BCUT2D eigenvalue weighted by atomic mass is 10.2. The zero-order valence-corrected chi connectivity index (χ0v) is 8.13. The van der Waals surface area contributed by atoms with Gasteiger partial charge in [-0.1, -0.05) is 6.07 Å². The van der Waals surface area contributed by atoms with Gasteiger partial charge in [-0.3, -0.25) is 0 Å². The number of hydrogen-bond donors (Lipinski definition) is 0. The summed E-state index contributed by atoms with van der Waals surface area (Å²) >= 11 is 0. The highest BCUT2D eigenvalue weighted by Gasteiger charge is 2.18. The van der Waals surface area contributed by atoms with Gasteiger partial charge < -0.3 is 9.47 Å². The fourth-order valence-corrected chi connectivity index (χ4v) is 1.49. The maximum Gasteiger partial charge on any atom is 0.165 e. The van der Waals surface area contributed by atoms with Crippen LogP contribution in [0, 0.1) is 12.7 Å². The minimum Gasteiger partial charge on any atom is -0.485 e. The van der Waals surface area contributed by atoms with Gasteiger partial charge in [-0.05, 0) is 24.6 Å². The van der Waals surface area contributed by atoms with Crippen LogP contribution in [-0.2, 0) is 4.74 Å². The molecule has 1 aliphatic heterocycles. The maximum absolute atomic E-state index is 13.3. The Morgan fingerprint density at radius 2 is 2.36 bits per heavy atom. The molecule has 0 bridgehead atoms. The summed E-state index contributed by atoms with van der Waals surface area (Å²) < 4.78 is 23.9. The van der Waals surface area contributed by atoms with Crippen molar-refractivity contribution in [2.24, 2.45) is 0 Å². The third-order valence-corrected chi connectivity index (χ3v) is 2.27. The van der Waals surface area contributed by atoms with E-state index in [4.69, 9.17) is 9.47 Å². The fraction of sp³-hybridized carbons (Fsp3) is 0.455. The van der Waals surface area contributed by atoms with Crippen LogP contribution in [0.3, 0.4) is 0 Å². The Labute approximate surface area is 82.6 Å². The van der Waals surface area contributed by atoms with Crippen LogP contribution in [0.25, 0.3) is 0 Å². The van der Waals surface area contributed by atoms with Gasteiger partial charge in [-0.15, -0.1) is 0 Å². The van der Waals surface area contributed by atoms with Gasteiger partial charge in [0.15, 0.2) is 11.6 Å². The molecule has 1 unspecified atom stereocenters. The van der Waals surface area contributed by atoms with Crippen LogP contribution in [-0.4, -0.2) is 19.3 Å². The van der Waals surface area contributed by atoms with Crippen molar-refractivity contribution in [2.45, 2.75) is 19.4 Å². The van der Waals surface area contributed by atoms with E-state index in [1.807, 2.05) is 6.92 Å². The lowest BCUT2D eigenvalue weighted by Crippen LogP contribution is -2.16. The van der Waals surface area contributed by atoms with E-state index < -0.39 is 0 Å². The Morgan fingerprint density at radius 3 is 3.07 bits per heavy atom. The molecule has 1 heterocycles. The molecule has 0 N–H and O–H groups in total. The Balaban J connectivity index is 2.10. The Morgan fingerprint density at radius 1 is 1.50 bits per heavy atom. The second-order valence-corrected chi connectivity index (χ2v) is 3.54. The standard InChI is InChI=1S/C11H13FO2/c1-8-2-3-10(12)11(6-8)14-9-4-5-13-7-9/h2-3,6,9H,4-5,7H2,1H3. The maximum atomic E-state index is 13.3. The molecular formula is C11H13FO2. The number of halogens is 1. The molecule has 1 aromatic carbocycles. The van der Waals surface area contributed by atoms with Crippen molar-refractivity contribution in [1.29, 1.82) is 0 Å². The molecule has 2 rings (SSSR count). The van der Waals surface area contributed by atoms with Gasteiger partial charge in [-0.25, -0.2) is 4.39 Å². The smallest absolute Gasteiger partial charge is 0.165 e. The molecule has 1 fully saturated rings.